The maximum atomic E-state index is 15.1. The number of carbonyl (C=O) groups excluding carboxylic acids is 9. The van der Waals surface area contributed by atoms with E-state index in [1.807, 2.05) is 82.8 Å². The average molecular weight is 1690 g/mol. The van der Waals surface area contributed by atoms with Gasteiger partial charge in [0.05, 0.1) is 66.2 Å². The number of anilines is 3. The number of aliphatic hydroxyl groups is 1. The number of benzene rings is 4. The Bertz CT molecular complexity index is 4380. The van der Waals surface area contributed by atoms with E-state index < -0.39 is 114 Å². The third kappa shape index (κ3) is 27.0. The largest absolute Gasteiger partial charge is 0.445 e. The molecular weight excluding hydrogens is 1560 g/mol. The van der Waals surface area contributed by atoms with Crippen LogP contribution in [0.1, 0.15) is 156 Å². The van der Waals surface area contributed by atoms with Crippen molar-refractivity contribution in [1.82, 2.24) is 61.6 Å². The fraction of sp³-hybridized carbons (Fsp3) is 0.557. The van der Waals surface area contributed by atoms with Crippen LogP contribution in [-0.2, 0) is 54.4 Å². The number of primary amides is 1. The molecule has 6 aromatic rings. The lowest BCUT2D eigenvalue weighted by atomic mass is 9.89. The number of H-pyrrole nitrogens is 1. The van der Waals surface area contributed by atoms with Gasteiger partial charge in [-0.3, -0.25) is 38.5 Å². The van der Waals surface area contributed by atoms with Gasteiger partial charge in [-0.05, 0) is 147 Å². The number of pyridine rings is 1. The number of urea groups is 1. The highest BCUT2D eigenvalue weighted by molar-refractivity contribution is 6.31. The molecule has 0 aliphatic carbocycles. The number of hydrogen-bond donors (Lipinski definition) is 12. The molecule has 0 bridgehead atoms. The summed E-state index contributed by atoms with van der Waals surface area (Å²) in [4.78, 5) is 144. The molecule has 0 saturated carbocycles. The molecule has 0 spiro atoms. The van der Waals surface area contributed by atoms with Crippen molar-refractivity contribution >= 4 is 93.3 Å². The molecule has 120 heavy (non-hydrogen) atoms. The van der Waals surface area contributed by atoms with Gasteiger partial charge >= 0.3 is 12.1 Å². The number of aliphatic hydroxyl groups excluding tert-OH is 1. The Morgan fingerprint density at radius 1 is 0.767 bits per heavy atom. The van der Waals surface area contributed by atoms with E-state index in [2.05, 4.69) is 52.4 Å². The minimum absolute atomic E-state index is 0.0393. The molecule has 32 heteroatoms. The molecule has 30 nitrogen and oxygen atoms in total. The van der Waals surface area contributed by atoms with Gasteiger partial charge in [0.25, 0.3) is 0 Å². The number of aromatic nitrogens is 3. The topological polar surface area (TPSA) is 404 Å². The van der Waals surface area contributed by atoms with E-state index in [-0.39, 0.29) is 87.7 Å². The SMILES string of the molecule is CC[C@H](C)[C@@H]([C@@H](CC(=O)N1CCC[C@H]1C[C@@H](C)C(=O)N[C@H](C)[C@@H](O)c1ccccc1)OC)N(C)C(=O)[C@@H](NC(=O)[C@H](C(C)C)N(C)C(=O)OCc1ccc(NC(=O)[C@H](CCCNC(N)=O)NC(=O)[C@@H](NC(=O)CCOCCNCCNc2ncc(-c3cc(C)cc(F)c3)c(N3CCC(N)CC3)c2-c2nc3ccc(Cl)cc3[nH]2)C(C)C)cc1)C(C)C. The van der Waals surface area contributed by atoms with E-state index in [0.29, 0.717) is 103 Å². The summed E-state index contributed by atoms with van der Waals surface area (Å²) < 4.78 is 32.7. The Labute approximate surface area is 709 Å². The molecular formula is C88H127ClFN17O13. The Kier molecular flexibility index (Phi) is 36.7. The fourth-order valence-corrected chi connectivity index (χ4v) is 15.8. The zero-order valence-electron chi connectivity index (χ0n) is 72.0. The standard InChI is InChI=1S/C88H127ClFN17O13/c1-15-55(9)77(70(118-14)48-72(109)107-38-20-23-65(107)45-56(10)82(111)97-57(11)79(110)59-21-17-16-18-22-59)104(12)86(115)75(52(4)5)103-85(114)76(53(6)7)105(13)88(117)120-50-58-25-28-64(29-26-58)98-83(112)68(24-19-34-95-87(92)116)101-84(113)74(51(2)3)102-71(108)33-41-119-42-37-93-35-36-94-80-73(81-99-67-30-27-61(89)47-69(67)100-81)78(106-39-31-63(91)32-40-106)66(49-96-80)60-43-54(8)44-62(90)46-60/h16-18,21-22,25-30,43-44,46-47,49,51-53,55-57,63,65,68,70,74-77,79,93,110H,15,19-20,23-24,31-42,45,48,50,91H2,1-14H3,(H,94,96)(H,97,111)(H,98,112)(H,99,100)(H,101,113)(H,102,108)(H,103,114)(H3,92,95,116)/t55-,56+,57+,65-,68-,70+,74-,75-,76-,77-,79+/m0/s1. The quantitative estimate of drug-likeness (QED) is 0.0158. The van der Waals surface area contributed by atoms with Crippen molar-refractivity contribution in [2.75, 3.05) is 95.8 Å². The number of ether oxygens (including phenoxy) is 3. The van der Waals surface area contributed by atoms with Gasteiger partial charge < -0.3 is 93.0 Å². The highest BCUT2D eigenvalue weighted by Crippen LogP contribution is 2.44. The molecule has 2 saturated heterocycles. The number of nitrogens with zero attached hydrogens (tertiary/aromatic N) is 6. The number of fused-ring (bicyclic) bond motifs is 1. The van der Waals surface area contributed by atoms with Crippen molar-refractivity contribution in [3.05, 3.63) is 125 Å². The molecule has 0 radical (unpaired) electrons. The summed E-state index contributed by atoms with van der Waals surface area (Å²) in [6, 6.07) is 19.6. The predicted octanol–water partition coefficient (Wildman–Crippen LogP) is 9.71. The van der Waals surface area contributed by atoms with Gasteiger partial charge in [0, 0.05) is 114 Å². The van der Waals surface area contributed by atoms with E-state index >= 15 is 4.39 Å². The molecule has 4 heterocycles. The van der Waals surface area contributed by atoms with Crippen molar-refractivity contribution in [3.8, 4) is 22.5 Å². The number of nitrogens with one attached hydrogen (secondary N) is 9. The first kappa shape index (κ1) is 95.4. The maximum absolute atomic E-state index is 15.1. The number of hydrogen-bond acceptors (Lipinski definition) is 19. The van der Waals surface area contributed by atoms with Crippen LogP contribution in [0.3, 0.4) is 0 Å². The van der Waals surface area contributed by atoms with Crippen molar-refractivity contribution in [3.63, 3.8) is 0 Å². The molecule has 4 aromatic carbocycles. The number of aromatic amines is 1. The second-order valence-corrected chi connectivity index (χ2v) is 33.3. The number of nitrogens with two attached hydrogens (primary N) is 2. The van der Waals surface area contributed by atoms with Crippen LogP contribution in [0.25, 0.3) is 33.5 Å². The lowest BCUT2D eigenvalue weighted by Crippen LogP contribution is -2.60. The van der Waals surface area contributed by atoms with Gasteiger partial charge in [-0.25, -0.2) is 23.9 Å². The highest BCUT2D eigenvalue weighted by Gasteiger charge is 2.42. The second kappa shape index (κ2) is 46.1. The Hall–Kier alpha value is -10.1. The van der Waals surface area contributed by atoms with E-state index in [4.69, 9.17) is 47.2 Å². The second-order valence-electron chi connectivity index (χ2n) is 32.9. The summed E-state index contributed by atoms with van der Waals surface area (Å²) in [5.74, 6) is -4.14. The summed E-state index contributed by atoms with van der Waals surface area (Å²) >= 11 is 6.42. The number of imidazole rings is 1. The molecule has 2 aliphatic heterocycles. The maximum Gasteiger partial charge on any atom is 0.410 e. The van der Waals surface area contributed by atoms with E-state index in [0.717, 1.165) is 47.2 Å². The van der Waals surface area contributed by atoms with Crippen LogP contribution in [0.2, 0.25) is 5.02 Å². The van der Waals surface area contributed by atoms with Gasteiger partial charge in [0.1, 0.15) is 48.2 Å². The molecule has 14 N–H and O–H groups in total. The highest BCUT2D eigenvalue weighted by atomic mass is 35.5. The molecule has 2 aromatic heterocycles. The van der Waals surface area contributed by atoms with Gasteiger partial charge in [-0.2, -0.15) is 0 Å². The predicted molar refractivity (Wildman–Crippen MR) is 464 cm³/mol. The number of halogens is 2. The first-order chi connectivity index (χ1) is 57.2. The van der Waals surface area contributed by atoms with Crippen LogP contribution in [0.15, 0.2) is 97.2 Å². The summed E-state index contributed by atoms with van der Waals surface area (Å²) in [5, 5.41) is 35.2. The first-order valence-corrected chi connectivity index (χ1v) is 42.4. The van der Waals surface area contributed by atoms with Crippen molar-refractivity contribution in [2.24, 2.45) is 41.1 Å². The molecule has 656 valence electrons. The third-order valence-corrected chi connectivity index (χ3v) is 22.8. The number of likely N-dealkylation sites (tertiary alicyclic amines) is 1. The lowest BCUT2D eigenvalue weighted by Gasteiger charge is -2.40. The van der Waals surface area contributed by atoms with Crippen LogP contribution < -0.4 is 58.9 Å². The van der Waals surface area contributed by atoms with Crippen LogP contribution in [0, 0.1) is 42.3 Å². The van der Waals surface area contributed by atoms with Crippen molar-refractivity contribution in [1.29, 1.82) is 0 Å². The van der Waals surface area contributed by atoms with Crippen LogP contribution in [0.4, 0.5) is 31.2 Å². The first-order valence-electron chi connectivity index (χ1n) is 42.0. The zero-order valence-corrected chi connectivity index (χ0v) is 72.7. The monoisotopic (exact) mass is 1680 g/mol. The van der Waals surface area contributed by atoms with Gasteiger partial charge in [-0.1, -0.05) is 129 Å². The number of rotatable bonds is 44. The Morgan fingerprint density at radius 3 is 2.13 bits per heavy atom. The number of amides is 10. The van der Waals surface area contributed by atoms with Gasteiger partial charge in [-0.15, -0.1) is 0 Å². The summed E-state index contributed by atoms with van der Waals surface area (Å²) in [6.45, 7) is 23.5. The average Bonchev–Trinajstić information content (AvgIpc) is 1.45. The Balaban J connectivity index is 0.800. The molecule has 2 fully saturated rings. The zero-order chi connectivity index (χ0) is 87.6. The van der Waals surface area contributed by atoms with Crippen molar-refractivity contribution in [2.45, 2.75) is 208 Å². The molecule has 0 unspecified atom stereocenters. The normalized spacial score (nSPS) is 16.3. The van der Waals surface area contributed by atoms with E-state index in [1.165, 1.54) is 31.2 Å². The number of methoxy groups -OCH3 is 1. The summed E-state index contributed by atoms with van der Waals surface area (Å²) in [6.07, 6.45) is 3.58. The smallest absolute Gasteiger partial charge is 0.410 e. The third-order valence-electron chi connectivity index (χ3n) is 22.6. The minimum Gasteiger partial charge on any atom is -0.445 e. The van der Waals surface area contributed by atoms with Crippen molar-refractivity contribution < 1.29 is 66.9 Å². The molecule has 8 rings (SSSR count). The number of carbonyl (C=O) groups is 9. The van der Waals surface area contributed by atoms with E-state index in [1.54, 1.807) is 95.2 Å². The molecule has 11 atom stereocenters. The van der Waals surface area contributed by atoms with Crippen LogP contribution in [-0.4, -0.2) is 223 Å². The number of piperidine rings is 1. The number of likely N-dealkylation sites (N-methyl/N-ethyl adjacent to an activating group) is 2. The van der Waals surface area contributed by atoms with Gasteiger partial charge in [0.15, 0.2) is 0 Å². The lowest BCUT2D eigenvalue weighted by molar-refractivity contribution is -0.146. The van der Waals surface area contributed by atoms with Crippen LogP contribution >= 0.6 is 11.6 Å². The Morgan fingerprint density at radius 2 is 1.48 bits per heavy atom. The van der Waals surface area contributed by atoms with Crippen LogP contribution in [0.5, 0.6) is 0 Å². The summed E-state index contributed by atoms with van der Waals surface area (Å²) in [5.41, 5.74) is 18.5. The minimum atomic E-state index is -1.14. The fourth-order valence-electron chi connectivity index (χ4n) is 15.6. The molecule has 2 aliphatic rings. The van der Waals surface area contributed by atoms with Gasteiger partial charge in [0.2, 0.25) is 41.4 Å². The molecule has 10 amide bonds. The van der Waals surface area contributed by atoms with E-state index in [9.17, 15) is 48.3 Å². The number of aryl methyl sites for hydroxylation is 1. The summed E-state index contributed by atoms with van der Waals surface area (Å²) in [7, 11) is 4.61.